The fraction of sp³-hybridized carbons (Fsp3) is 0.294. The van der Waals surface area contributed by atoms with Crippen LogP contribution in [0.3, 0.4) is 0 Å². The number of nitrogens with one attached hydrogen (secondary N) is 1. The van der Waals surface area contributed by atoms with Crippen molar-refractivity contribution in [3.63, 3.8) is 0 Å². The van der Waals surface area contributed by atoms with Gasteiger partial charge in [0, 0.05) is 6.20 Å². The van der Waals surface area contributed by atoms with Crippen LogP contribution in [0.1, 0.15) is 31.0 Å². The normalized spacial score (nSPS) is 11.9. The van der Waals surface area contributed by atoms with Gasteiger partial charge in [0.25, 0.3) is 0 Å². The van der Waals surface area contributed by atoms with Crippen molar-refractivity contribution in [1.82, 2.24) is 10.3 Å². The predicted octanol–water partition coefficient (Wildman–Crippen LogP) is 3.61. The van der Waals surface area contributed by atoms with E-state index in [1.165, 1.54) is 17.3 Å². The summed E-state index contributed by atoms with van der Waals surface area (Å²) in [5.41, 5.74) is 2.44. The third-order valence-electron chi connectivity index (χ3n) is 3.25. The summed E-state index contributed by atoms with van der Waals surface area (Å²) in [6, 6.07) is 14.1. The average molecular weight is 300 g/mol. The van der Waals surface area contributed by atoms with E-state index >= 15 is 0 Å². The van der Waals surface area contributed by atoms with Gasteiger partial charge in [-0.2, -0.15) is 0 Å². The van der Waals surface area contributed by atoms with Crippen molar-refractivity contribution < 1.29 is 4.79 Å². The second-order valence-corrected chi connectivity index (χ2v) is 5.84. The molecule has 1 N–H and O–H groups in total. The molecule has 0 aliphatic heterocycles. The maximum atomic E-state index is 12.0. The summed E-state index contributed by atoms with van der Waals surface area (Å²) in [6.07, 6.45) is 2.76. The first kappa shape index (κ1) is 15.6. The number of carbonyl (C=O) groups excluding carboxylic acids is 1. The van der Waals surface area contributed by atoms with Crippen LogP contribution in [0.2, 0.25) is 0 Å². The molecule has 0 spiro atoms. The molecule has 0 radical (unpaired) electrons. The molecule has 0 aliphatic carbocycles. The molecule has 21 heavy (non-hydrogen) atoms. The Morgan fingerprint density at radius 3 is 2.62 bits per heavy atom. The number of nitrogens with zero attached hydrogens (tertiary/aromatic N) is 1. The number of hydrogen-bond donors (Lipinski definition) is 1. The molecule has 2 aromatic rings. The molecular formula is C17H20N2OS. The van der Waals surface area contributed by atoms with Gasteiger partial charge in [0.1, 0.15) is 0 Å². The largest absolute Gasteiger partial charge is 0.349 e. The van der Waals surface area contributed by atoms with Crippen LogP contribution in [-0.2, 0) is 11.2 Å². The first-order valence-corrected chi connectivity index (χ1v) is 8.09. The van der Waals surface area contributed by atoms with E-state index in [2.05, 4.69) is 41.5 Å². The zero-order valence-electron chi connectivity index (χ0n) is 12.4. The van der Waals surface area contributed by atoms with Crippen LogP contribution in [0.5, 0.6) is 0 Å². The molecule has 0 saturated heterocycles. The van der Waals surface area contributed by atoms with Gasteiger partial charge in [0.05, 0.1) is 16.8 Å². The number of benzene rings is 1. The molecule has 1 amide bonds. The Morgan fingerprint density at radius 2 is 2.00 bits per heavy atom. The van der Waals surface area contributed by atoms with Gasteiger partial charge in [0.2, 0.25) is 5.91 Å². The van der Waals surface area contributed by atoms with Crippen LogP contribution in [-0.4, -0.2) is 16.6 Å². The topological polar surface area (TPSA) is 42.0 Å². The van der Waals surface area contributed by atoms with Crippen LogP contribution in [0, 0.1) is 0 Å². The molecule has 1 unspecified atom stereocenters. The third-order valence-corrected chi connectivity index (χ3v) is 4.20. The SMILES string of the molecule is CCc1ccc(C(C)NC(=O)CSc2ccccn2)cc1. The minimum atomic E-state index is 0.0211. The van der Waals surface area contributed by atoms with Crippen molar-refractivity contribution in [2.45, 2.75) is 31.3 Å². The molecule has 1 aromatic heterocycles. The van der Waals surface area contributed by atoms with Gasteiger partial charge in [-0.15, -0.1) is 0 Å². The molecule has 1 atom stereocenters. The molecule has 4 heteroatoms. The lowest BCUT2D eigenvalue weighted by Crippen LogP contribution is -2.28. The molecular weight excluding hydrogens is 280 g/mol. The van der Waals surface area contributed by atoms with Crippen LogP contribution >= 0.6 is 11.8 Å². The number of thioether (sulfide) groups is 1. The Labute approximate surface area is 130 Å². The smallest absolute Gasteiger partial charge is 0.230 e. The van der Waals surface area contributed by atoms with Crippen molar-refractivity contribution in [3.05, 3.63) is 59.8 Å². The molecule has 0 aliphatic rings. The van der Waals surface area contributed by atoms with Gasteiger partial charge in [-0.05, 0) is 36.6 Å². The van der Waals surface area contributed by atoms with Crippen LogP contribution in [0.4, 0.5) is 0 Å². The predicted molar refractivity (Wildman–Crippen MR) is 87.3 cm³/mol. The summed E-state index contributed by atoms with van der Waals surface area (Å²) in [5.74, 6) is 0.409. The van der Waals surface area contributed by atoms with E-state index in [1.807, 2.05) is 25.1 Å². The molecule has 2 rings (SSSR count). The molecule has 1 aromatic carbocycles. The fourth-order valence-electron chi connectivity index (χ4n) is 1.98. The maximum Gasteiger partial charge on any atom is 0.230 e. The van der Waals surface area contributed by atoms with E-state index in [0.29, 0.717) is 5.75 Å². The number of aryl methyl sites for hydroxylation is 1. The Kier molecular flexibility index (Phi) is 5.81. The Hall–Kier alpha value is -1.81. The molecule has 3 nitrogen and oxygen atoms in total. The monoisotopic (exact) mass is 300 g/mol. The van der Waals surface area contributed by atoms with Gasteiger partial charge < -0.3 is 5.32 Å². The number of rotatable bonds is 6. The summed E-state index contributed by atoms with van der Waals surface area (Å²) >= 11 is 1.45. The van der Waals surface area contributed by atoms with Gasteiger partial charge in [-0.25, -0.2) is 4.98 Å². The molecule has 1 heterocycles. The Morgan fingerprint density at radius 1 is 1.24 bits per heavy atom. The van der Waals surface area contributed by atoms with Gasteiger partial charge in [-0.3, -0.25) is 4.79 Å². The maximum absolute atomic E-state index is 12.0. The number of aromatic nitrogens is 1. The van der Waals surface area contributed by atoms with E-state index in [-0.39, 0.29) is 11.9 Å². The van der Waals surface area contributed by atoms with E-state index in [0.717, 1.165) is 17.0 Å². The van der Waals surface area contributed by atoms with E-state index in [1.54, 1.807) is 6.20 Å². The fourth-order valence-corrected chi connectivity index (χ4v) is 2.65. The van der Waals surface area contributed by atoms with Crippen molar-refractivity contribution in [2.24, 2.45) is 0 Å². The van der Waals surface area contributed by atoms with Gasteiger partial charge in [-0.1, -0.05) is 49.0 Å². The summed E-state index contributed by atoms with van der Waals surface area (Å²) < 4.78 is 0. The Balaban J connectivity index is 1.83. The number of hydrogen-bond acceptors (Lipinski definition) is 3. The first-order chi connectivity index (χ1) is 10.2. The lowest BCUT2D eigenvalue weighted by Gasteiger charge is -2.14. The third kappa shape index (κ3) is 4.90. The number of carbonyl (C=O) groups is 1. The Bertz CT molecular complexity index is 569. The highest BCUT2D eigenvalue weighted by Crippen LogP contribution is 2.16. The van der Waals surface area contributed by atoms with E-state index in [9.17, 15) is 4.79 Å². The number of pyridine rings is 1. The van der Waals surface area contributed by atoms with Crippen LogP contribution in [0.15, 0.2) is 53.7 Å². The van der Waals surface area contributed by atoms with Crippen molar-refractivity contribution in [1.29, 1.82) is 0 Å². The lowest BCUT2D eigenvalue weighted by atomic mass is 10.1. The second-order valence-electron chi connectivity index (χ2n) is 4.84. The van der Waals surface area contributed by atoms with Crippen LogP contribution in [0.25, 0.3) is 0 Å². The lowest BCUT2D eigenvalue weighted by molar-refractivity contribution is -0.119. The quantitative estimate of drug-likeness (QED) is 0.829. The van der Waals surface area contributed by atoms with Crippen molar-refractivity contribution >= 4 is 17.7 Å². The molecule has 110 valence electrons. The highest BCUT2D eigenvalue weighted by molar-refractivity contribution is 7.99. The highest BCUT2D eigenvalue weighted by atomic mass is 32.2. The number of amides is 1. The van der Waals surface area contributed by atoms with Crippen molar-refractivity contribution in [2.75, 3.05) is 5.75 Å². The van der Waals surface area contributed by atoms with Crippen molar-refractivity contribution in [3.8, 4) is 0 Å². The molecule has 0 fully saturated rings. The second kappa shape index (κ2) is 7.84. The van der Waals surface area contributed by atoms with Gasteiger partial charge >= 0.3 is 0 Å². The highest BCUT2D eigenvalue weighted by Gasteiger charge is 2.10. The molecule has 0 bridgehead atoms. The van der Waals surface area contributed by atoms with Gasteiger partial charge in [0.15, 0.2) is 0 Å². The summed E-state index contributed by atoms with van der Waals surface area (Å²) in [7, 11) is 0. The summed E-state index contributed by atoms with van der Waals surface area (Å²) in [6.45, 7) is 4.14. The van der Waals surface area contributed by atoms with Crippen LogP contribution < -0.4 is 5.32 Å². The first-order valence-electron chi connectivity index (χ1n) is 7.11. The minimum absolute atomic E-state index is 0.0211. The van der Waals surface area contributed by atoms with E-state index in [4.69, 9.17) is 0 Å². The standard InChI is InChI=1S/C17H20N2OS/c1-3-14-7-9-15(10-8-14)13(2)19-16(20)12-21-17-6-4-5-11-18-17/h4-11,13H,3,12H2,1-2H3,(H,19,20). The zero-order valence-corrected chi connectivity index (χ0v) is 13.2. The minimum Gasteiger partial charge on any atom is -0.349 e. The average Bonchev–Trinajstić information content (AvgIpc) is 2.54. The molecule has 0 saturated carbocycles. The summed E-state index contributed by atoms with van der Waals surface area (Å²) in [4.78, 5) is 16.2. The zero-order chi connectivity index (χ0) is 15.1. The van der Waals surface area contributed by atoms with E-state index < -0.39 is 0 Å². The summed E-state index contributed by atoms with van der Waals surface area (Å²) in [5, 5.41) is 3.88.